The topological polar surface area (TPSA) is 35.5 Å². The third kappa shape index (κ3) is 3.58. The van der Waals surface area contributed by atoms with Gasteiger partial charge in [0.15, 0.2) is 5.78 Å². The van der Waals surface area contributed by atoms with Crippen molar-refractivity contribution >= 4 is 5.78 Å². The number of hydrogen-bond donors (Lipinski definition) is 0. The molecule has 0 radical (unpaired) electrons. The van der Waals surface area contributed by atoms with Crippen LogP contribution in [-0.4, -0.2) is 31.7 Å². The van der Waals surface area contributed by atoms with Crippen molar-refractivity contribution in [3.05, 3.63) is 0 Å². The molecule has 0 aromatic heterocycles. The summed E-state index contributed by atoms with van der Waals surface area (Å²) in [4.78, 5) is 11.4. The summed E-state index contributed by atoms with van der Waals surface area (Å²) in [6.07, 6.45) is 6.62. The van der Waals surface area contributed by atoms with Crippen molar-refractivity contribution in [1.82, 2.24) is 0 Å². The number of unbranched alkanes of at least 4 members (excludes halogenated alkanes) is 1. The summed E-state index contributed by atoms with van der Waals surface area (Å²) in [5.41, 5.74) is 0. The third-order valence-electron chi connectivity index (χ3n) is 1.92. The molecule has 1 aliphatic heterocycles. The minimum absolute atomic E-state index is 0.106. The number of terminal acetylenes is 1. The number of carbonyl (C=O) groups excluding carboxylic acids is 1. The predicted octanol–water partition coefficient (Wildman–Crippen LogP) is 0.774. The lowest BCUT2D eigenvalue weighted by Gasteiger charge is -2.21. The van der Waals surface area contributed by atoms with E-state index < -0.39 is 0 Å². The number of ketones is 1. The average molecular weight is 182 g/mol. The molecule has 0 aromatic rings. The van der Waals surface area contributed by atoms with E-state index in [4.69, 9.17) is 15.9 Å². The lowest BCUT2D eigenvalue weighted by molar-refractivity contribution is -0.145. The second-order valence-electron chi connectivity index (χ2n) is 2.96. The lowest BCUT2D eigenvalue weighted by Crippen LogP contribution is -2.35. The van der Waals surface area contributed by atoms with Crippen LogP contribution in [0.1, 0.15) is 19.3 Å². The first-order valence-corrected chi connectivity index (χ1v) is 4.50. The number of rotatable bonds is 4. The van der Waals surface area contributed by atoms with E-state index in [2.05, 4.69) is 5.92 Å². The molecule has 3 heteroatoms. The van der Waals surface area contributed by atoms with Crippen molar-refractivity contribution in [2.75, 3.05) is 19.8 Å². The van der Waals surface area contributed by atoms with Gasteiger partial charge in [-0.1, -0.05) is 0 Å². The van der Waals surface area contributed by atoms with Gasteiger partial charge in [-0.25, -0.2) is 0 Å². The highest BCUT2D eigenvalue weighted by molar-refractivity contribution is 5.83. The molecular formula is C10H14O3. The highest BCUT2D eigenvalue weighted by Crippen LogP contribution is 2.06. The Morgan fingerprint density at radius 3 is 3.00 bits per heavy atom. The zero-order valence-corrected chi connectivity index (χ0v) is 7.62. The van der Waals surface area contributed by atoms with Crippen molar-refractivity contribution < 1.29 is 14.3 Å². The summed E-state index contributed by atoms with van der Waals surface area (Å²) in [7, 11) is 0. The first-order chi connectivity index (χ1) is 6.34. The maximum absolute atomic E-state index is 11.4. The molecule has 1 rings (SSSR count). The summed E-state index contributed by atoms with van der Waals surface area (Å²) in [5.74, 6) is 2.61. The van der Waals surface area contributed by atoms with E-state index in [1.54, 1.807) is 0 Å². The molecular weight excluding hydrogens is 168 g/mol. The van der Waals surface area contributed by atoms with E-state index in [1.165, 1.54) is 0 Å². The largest absolute Gasteiger partial charge is 0.376 e. The minimum Gasteiger partial charge on any atom is -0.376 e. The van der Waals surface area contributed by atoms with Gasteiger partial charge in [0, 0.05) is 12.8 Å². The maximum Gasteiger partial charge on any atom is 0.163 e. The molecule has 0 amide bonds. The van der Waals surface area contributed by atoms with Crippen LogP contribution in [-0.2, 0) is 14.3 Å². The number of carbonyl (C=O) groups is 1. The first kappa shape index (κ1) is 10.2. The van der Waals surface area contributed by atoms with Crippen LogP contribution in [0.2, 0.25) is 0 Å². The van der Waals surface area contributed by atoms with Crippen LogP contribution >= 0.6 is 0 Å². The predicted molar refractivity (Wildman–Crippen MR) is 48.3 cm³/mol. The van der Waals surface area contributed by atoms with Crippen LogP contribution in [0.25, 0.3) is 0 Å². The van der Waals surface area contributed by atoms with Crippen molar-refractivity contribution in [3.8, 4) is 12.3 Å². The molecule has 0 aliphatic carbocycles. The Kier molecular flexibility index (Phi) is 4.52. The van der Waals surface area contributed by atoms with E-state index in [-0.39, 0.29) is 11.9 Å². The number of ether oxygens (including phenoxy) is 2. The Labute approximate surface area is 78.4 Å². The van der Waals surface area contributed by atoms with Crippen LogP contribution in [0.5, 0.6) is 0 Å². The molecule has 0 bridgehead atoms. The molecule has 1 fully saturated rings. The summed E-state index contributed by atoms with van der Waals surface area (Å²) < 4.78 is 10.4. The van der Waals surface area contributed by atoms with Crippen molar-refractivity contribution in [2.45, 2.75) is 25.4 Å². The molecule has 1 heterocycles. The van der Waals surface area contributed by atoms with Crippen LogP contribution in [0.4, 0.5) is 0 Å². The molecule has 0 N–H and O–H groups in total. The summed E-state index contributed by atoms with van der Waals surface area (Å²) in [6.45, 7) is 1.51. The lowest BCUT2D eigenvalue weighted by atomic mass is 10.1. The van der Waals surface area contributed by atoms with E-state index in [1.807, 2.05) is 0 Å². The van der Waals surface area contributed by atoms with Gasteiger partial charge in [0.25, 0.3) is 0 Å². The molecule has 1 atom stereocenters. The Hall–Kier alpha value is -0.850. The zero-order chi connectivity index (χ0) is 9.52. The average Bonchev–Trinajstić information content (AvgIpc) is 2.19. The summed E-state index contributed by atoms with van der Waals surface area (Å²) in [5, 5.41) is 0. The normalized spacial score (nSPS) is 22.2. The monoisotopic (exact) mass is 182 g/mol. The molecule has 1 unspecified atom stereocenters. The Bertz CT molecular complexity index is 199. The van der Waals surface area contributed by atoms with Gasteiger partial charge in [-0.2, -0.15) is 0 Å². The van der Waals surface area contributed by atoms with Gasteiger partial charge in [-0.3, -0.25) is 4.79 Å². The van der Waals surface area contributed by atoms with Crippen LogP contribution in [0.15, 0.2) is 0 Å². The van der Waals surface area contributed by atoms with Gasteiger partial charge < -0.3 is 9.47 Å². The highest BCUT2D eigenvalue weighted by Gasteiger charge is 2.21. The second-order valence-corrected chi connectivity index (χ2v) is 2.96. The first-order valence-electron chi connectivity index (χ1n) is 4.50. The SMILES string of the molecule is C#CCCCC(=O)C1COCCO1. The summed E-state index contributed by atoms with van der Waals surface area (Å²) >= 11 is 0. The van der Waals surface area contributed by atoms with Gasteiger partial charge in [0.1, 0.15) is 6.10 Å². The quantitative estimate of drug-likeness (QED) is 0.476. The zero-order valence-electron chi connectivity index (χ0n) is 7.62. The Morgan fingerprint density at radius 1 is 1.54 bits per heavy atom. The molecule has 3 nitrogen and oxygen atoms in total. The standard InChI is InChI=1S/C10H14O3/c1-2-3-4-5-9(11)10-8-12-6-7-13-10/h1,10H,3-8H2. The molecule has 13 heavy (non-hydrogen) atoms. The van der Waals surface area contributed by atoms with Crippen molar-refractivity contribution in [3.63, 3.8) is 0 Å². The molecule has 0 aromatic carbocycles. The smallest absolute Gasteiger partial charge is 0.163 e. The van der Waals surface area contributed by atoms with Crippen LogP contribution in [0.3, 0.4) is 0 Å². The molecule has 1 saturated heterocycles. The van der Waals surface area contributed by atoms with Crippen molar-refractivity contribution in [2.24, 2.45) is 0 Å². The van der Waals surface area contributed by atoms with E-state index >= 15 is 0 Å². The molecule has 0 spiro atoms. The maximum atomic E-state index is 11.4. The molecule has 1 aliphatic rings. The Balaban J connectivity index is 2.18. The van der Waals surface area contributed by atoms with Gasteiger partial charge in [0.05, 0.1) is 19.8 Å². The summed E-state index contributed by atoms with van der Waals surface area (Å²) in [6, 6.07) is 0. The minimum atomic E-state index is -0.355. The highest BCUT2D eigenvalue weighted by atomic mass is 16.6. The van der Waals surface area contributed by atoms with Crippen LogP contribution in [0, 0.1) is 12.3 Å². The molecule has 72 valence electrons. The second kappa shape index (κ2) is 5.74. The number of Topliss-reactive ketones (excluding diaryl/α,β-unsaturated/α-hetero) is 1. The fraction of sp³-hybridized carbons (Fsp3) is 0.700. The van der Waals surface area contributed by atoms with E-state index in [0.717, 1.165) is 6.42 Å². The van der Waals surface area contributed by atoms with Gasteiger partial charge >= 0.3 is 0 Å². The fourth-order valence-electron chi connectivity index (χ4n) is 1.20. The van der Waals surface area contributed by atoms with Gasteiger partial charge in [-0.05, 0) is 6.42 Å². The van der Waals surface area contributed by atoms with Gasteiger partial charge in [0.2, 0.25) is 0 Å². The Morgan fingerprint density at radius 2 is 2.38 bits per heavy atom. The van der Waals surface area contributed by atoms with Crippen LogP contribution < -0.4 is 0 Å². The van der Waals surface area contributed by atoms with E-state index in [0.29, 0.717) is 32.7 Å². The third-order valence-corrected chi connectivity index (χ3v) is 1.92. The van der Waals surface area contributed by atoms with E-state index in [9.17, 15) is 4.79 Å². The fourth-order valence-corrected chi connectivity index (χ4v) is 1.20. The van der Waals surface area contributed by atoms with Gasteiger partial charge in [-0.15, -0.1) is 12.3 Å². The van der Waals surface area contributed by atoms with Crippen molar-refractivity contribution in [1.29, 1.82) is 0 Å². The number of hydrogen-bond acceptors (Lipinski definition) is 3. The molecule has 0 saturated carbocycles.